The highest BCUT2D eigenvalue weighted by atomic mass is 16.5. The number of hydrogen-bond donors (Lipinski definition) is 1. The minimum atomic E-state index is -0.246. The normalized spacial score (nSPS) is 16.3. The van der Waals surface area contributed by atoms with Crippen molar-refractivity contribution < 1.29 is 14.3 Å². The van der Waals surface area contributed by atoms with E-state index >= 15 is 0 Å². The van der Waals surface area contributed by atoms with Gasteiger partial charge in [0.1, 0.15) is 12.4 Å². The maximum atomic E-state index is 12.1. The molecule has 0 radical (unpaired) electrons. The van der Waals surface area contributed by atoms with Crippen molar-refractivity contribution in [2.75, 3.05) is 39.5 Å². The van der Waals surface area contributed by atoms with Crippen molar-refractivity contribution in [3.8, 4) is 5.75 Å². The lowest BCUT2D eigenvalue weighted by atomic mass is 10.1. The summed E-state index contributed by atoms with van der Waals surface area (Å²) in [5.74, 6) is 0.654. The molecule has 5 heteroatoms. The SMILES string of the molecule is CC(C)(C)NC(=O)c1cccc(OCCN2CCOCC2)c1. The van der Waals surface area contributed by atoms with Gasteiger partial charge in [-0.25, -0.2) is 0 Å². The molecule has 0 aliphatic carbocycles. The maximum Gasteiger partial charge on any atom is 0.251 e. The fourth-order valence-electron chi connectivity index (χ4n) is 2.26. The monoisotopic (exact) mass is 306 g/mol. The molecular formula is C17H26N2O3. The molecule has 1 amide bonds. The van der Waals surface area contributed by atoms with Gasteiger partial charge in [-0.15, -0.1) is 0 Å². The van der Waals surface area contributed by atoms with Gasteiger partial charge in [0.25, 0.3) is 5.91 Å². The van der Waals surface area contributed by atoms with Gasteiger partial charge in [-0.2, -0.15) is 0 Å². The molecule has 1 fully saturated rings. The highest BCUT2D eigenvalue weighted by molar-refractivity contribution is 5.95. The van der Waals surface area contributed by atoms with Gasteiger partial charge < -0.3 is 14.8 Å². The van der Waals surface area contributed by atoms with Crippen LogP contribution < -0.4 is 10.1 Å². The van der Waals surface area contributed by atoms with Crippen LogP contribution in [0.2, 0.25) is 0 Å². The number of amides is 1. The summed E-state index contributed by atoms with van der Waals surface area (Å²) in [6.07, 6.45) is 0. The second-order valence-electron chi connectivity index (χ2n) is 6.53. The van der Waals surface area contributed by atoms with Crippen molar-refractivity contribution in [3.63, 3.8) is 0 Å². The van der Waals surface area contributed by atoms with Gasteiger partial charge in [0.2, 0.25) is 0 Å². The predicted octanol–water partition coefficient (Wildman–Crippen LogP) is 1.93. The number of nitrogens with one attached hydrogen (secondary N) is 1. The van der Waals surface area contributed by atoms with E-state index in [1.807, 2.05) is 32.9 Å². The number of carbonyl (C=O) groups is 1. The van der Waals surface area contributed by atoms with E-state index < -0.39 is 0 Å². The van der Waals surface area contributed by atoms with Crippen LogP contribution in [0, 0.1) is 0 Å². The number of hydrogen-bond acceptors (Lipinski definition) is 4. The highest BCUT2D eigenvalue weighted by Gasteiger charge is 2.15. The first-order valence-electron chi connectivity index (χ1n) is 7.79. The molecule has 0 aromatic heterocycles. The molecule has 1 aromatic rings. The molecule has 1 aliphatic heterocycles. The molecular weight excluding hydrogens is 280 g/mol. The summed E-state index contributed by atoms with van der Waals surface area (Å²) in [6, 6.07) is 7.32. The first kappa shape index (κ1) is 16.8. The zero-order chi connectivity index (χ0) is 16.0. The lowest BCUT2D eigenvalue weighted by molar-refractivity contribution is 0.0322. The lowest BCUT2D eigenvalue weighted by Crippen LogP contribution is -2.40. The molecule has 1 heterocycles. The Bertz CT molecular complexity index is 491. The zero-order valence-corrected chi connectivity index (χ0v) is 13.7. The smallest absolute Gasteiger partial charge is 0.251 e. The van der Waals surface area contributed by atoms with Crippen LogP contribution in [0.25, 0.3) is 0 Å². The van der Waals surface area contributed by atoms with Gasteiger partial charge in [-0.3, -0.25) is 9.69 Å². The van der Waals surface area contributed by atoms with Crippen LogP contribution in [0.3, 0.4) is 0 Å². The molecule has 1 aromatic carbocycles. The standard InChI is InChI=1S/C17H26N2O3/c1-17(2,3)18-16(20)14-5-4-6-15(13-14)22-12-9-19-7-10-21-11-8-19/h4-6,13H,7-12H2,1-3H3,(H,18,20). The van der Waals surface area contributed by atoms with E-state index in [-0.39, 0.29) is 11.4 Å². The number of nitrogens with zero attached hydrogens (tertiary/aromatic N) is 1. The van der Waals surface area contributed by atoms with Crippen molar-refractivity contribution in [1.82, 2.24) is 10.2 Å². The van der Waals surface area contributed by atoms with Crippen LogP contribution in [0.5, 0.6) is 5.75 Å². The Hall–Kier alpha value is -1.59. The van der Waals surface area contributed by atoms with Gasteiger partial charge in [0.15, 0.2) is 0 Å². The largest absolute Gasteiger partial charge is 0.492 e. The summed E-state index contributed by atoms with van der Waals surface area (Å²) < 4.78 is 11.1. The second-order valence-corrected chi connectivity index (χ2v) is 6.53. The fourth-order valence-corrected chi connectivity index (χ4v) is 2.26. The Morgan fingerprint density at radius 3 is 2.73 bits per heavy atom. The minimum Gasteiger partial charge on any atom is -0.492 e. The molecule has 2 rings (SSSR count). The molecule has 1 aliphatic rings. The van der Waals surface area contributed by atoms with E-state index in [4.69, 9.17) is 9.47 Å². The third-order valence-corrected chi connectivity index (χ3v) is 3.36. The van der Waals surface area contributed by atoms with Crippen LogP contribution >= 0.6 is 0 Å². The third-order valence-electron chi connectivity index (χ3n) is 3.36. The Morgan fingerprint density at radius 2 is 2.05 bits per heavy atom. The Labute approximate surface area is 132 Å². The van der Waals surface area contributed by atoms with Crippen molar-refractivity contribution in [1.29, 1.82) is 0 Å². The molecule has 0 saturated carbocycles. The van der Waals surface area contributed by atoms with E-state index in [1.165, 1.54) is 0 Å². The second kappa shape index (κ2) is 7.61. The molecule has 1 N–H and O–H groups in total. The van der Waals surface area contributed by atoms with E-state index in [0.29, 0.717) is 12.2 Å². The van der Waals surface area contributed by atoms with Gasteiger partial charge in [0.05, 0.1) is 13.2 Å². The predicted molar refractivity (Wildman–Crippen MR) is 86.4 cm³/mol. The summed E-state index contributed by atoms with van der Waals surface area (Å²) in [5.41, 5.74) is 0.378. The number of carbonyl (C=O) groups excluding carboxylic acids is 1. The van der Waals surface area contributed by atoms with Gasteiger partial charge in [0, 0.05) is 30.7 Å². The van der Waals surface area contributed by atoms with Crippen LogP contribution in [-0.4, -0.2) is 55.8 Å². The van der Waals surface area contributed by atoms with Gasteiger partial charge in [-0.05, 0) is 39.0 Å². The zero-order valence-electron chi connectivity index (χ0n) is 13.7. The number of ether oxygens (including phenoxy) is 2. The quantitative estimate of drug-likeness (QED) is 0.903. The average molecular weight is 306 g/mol. The first-order valence-corrected chi connectivity index (χ1v) is 7.79. The van der Waals surface area contributed by atoms with Crippen molar-refractivity contribution in [3.05, 3.63) is 29.8 Å². The van der Waals surface area contributed by atoms with Crippen molar-refractivity contribution in [2.24, 2.45) is 0 Å². The number of rotatable bonds is 5. The summed E-state index contributed by atoms with van der Waals surface area (Å²) in [4.78, 5) is 14.5. The summed E-state index contributed by atoms with van der Waals surface area (Å²) in [7, 11) is 0. The molecule has 0 bridgehead atoms. The summed E-state index contributed by atoms with van der Waals surface area (Å²) in [6.45, 7) is 10.9. The van der Waals surface area contributed by atoms with E-state index in [2.05, 4.69) is 10.2 Å². The number of morpholine rings is 1. The van der Waals surface area contributed by atoms with Crippen molar-refractivity contribution in [2.45, 2.75) is 26.3 Å². The third kappa shape index (κ3) is 5.66. The van der Waals surface area contributed by atoms with E-state index in [1.54, 1.807) is 12.1 Å². The minimum absolute atomic E-state index is 0.0777. The molecule has 0 spiro atoms. The number of benzene rings is 1. The Balaban J connectivity index is 1.84. The van der Waals surface area contributed by atoms with E-state index in [0.717, 1.165) is 38.6 Å². The maximum absolute atomic E-state index is 12.1. The first-order chi connectivity index (χ1) is 10.4. The van der Waals surface area contributed by atoms with Gasteiger partial charge >= 0.3 is 0 Å². The molecule has 1 saturated heterocycles. The van der Waals surface area contributed by atoms with Crippen LogP contribution in [-0.2, 0) is 4.74 Å². The Morgan fingerprint density at radius 1 is 1.32 bits per heavy atom. The fraction of sp³-hybridized carbons (Fsp3) is 0.588. The van der Waals surface area contributed by atoms with Gasteiger partial charge in [-0.1, -0.05) is 6.07 Å². The Kier molecular flexibility index (Phi) is 5.80. The molecule has 22 heavy (non-hydrogen) atoms. The average Bonchev–Trinajstić information content (AvgIpc) is 2.47. The molecule has 5 nitrogen and oxygen atoms in total. The summed E-state index contributed by atoms with van der Waals surface area (Å²) >= 11 is 0. The topological polar surface area (TPSA) is 50.8 Å². The van der Waals surface area contributed by atoms with E-state index in [9.17, 15) is 4.79 Å². The van der Waals surface area contributed by atoms with Crippen molar-refractivity contribution >= 4 is 5.91 Å². The molecule has 0 atom stereocenters. The molecule has 0 unspecified atom stereocenters. The lowest BCUT2D eigenvalue weighted by Gasteiger charge is -2.26. The highest BCUT2D eigenvalue weighted by Crippen LogP contribution is 2.14. The van der Waals surface area contributed by atoms with Crippen LogP contribution in [0.15, 0.2) is 24.3 Å². The summed E-state index contributed by atoms with van der Waals surface area (Å²) in [5, 5.41) is 2.95. The van der Waals surface area contributed by atoms with Crippen LogP contribution in [0.4, 0.5) is 0 Å². The van der Waals surface area contributed by atoms with Crippen LogP contribution in [0.1, 0.15) is 31.1 Å². The molecule has 122 valence electrons.